The van der Waals surface area contributed by atoms with Crippen LogP contribution in [0.3, 0.4) is 0 Å². The minimum absolute atomic E-state index is 0.0506. The SMILES string of the molecule is CNS(=O)(=O)CCNC(=O)N1CCCCC1c1cccn1C. The van der Waals surface area contributed by atoms with Crippen LogP contribution >= 0.6 is 0 Å². The maximum atomic E-state index is 12.4. The summed E-state index contributed by atoms with van der Waals surface area (Å²) in [5, 5.41) is 2.71. The van der Waals surface area contributed by atoms with Crippen LogP contribution in [0.25, 0.3) is 0 Å². The molecule has 1 aliphatic rings. The fourth-order valence-corrected chi connectivity index (χ4v) is 3.37. The molecule has 2 heterocycles. The lowest BCUT2D eigenvalue weighted by Gasteiger charge is -2.36. The Balaban J connectivity index is 1.99. The van der Waals surface area contributed by atoms with E-state index in [4.69, 9.17) is 0 Å². The molecule has 1 aliphatic heterocycles. The van der Waals surface area contributed by atoms with Gasteiger partial charge in [0.05, 0.1) is 11.8 Å². The first kappa shape index (κ1) is 16.8. The number of rotatable bonds is 5. The molecule has 22 heavy (non-hydrogen) atoms. The number of urea groups is 1. The Morgan fingerprint density at radius 3 is 2.82 bits per heavy atom. The first-order valence-corrected chi connectivity index (χ1v) is 9.17. The Kier molecular flexibility index (Phi) is 5.47. The Morgan fingerprint density at radius 2 is 2.18 bits per heavy atom. The molecule has 0 aromatic carbocycles. The summed E-state index contributed by atoms with van der Waals surface area (Å²) in [7, 11) is 0.0433. The van der Waals surface area contributed by atoms with E-state index in [1.807, 2.05) is 34.8 Å². The van der Waals surface area contributed by atoms with Gasteiger partial charge in [0.1, 0.15) is 0 Å². The van der Waals surface area contributed by atoms with Gasteiger partial charge < -0.3 is 14.8 Å². The third-order valence-corrected chi connectivity index (χ3v) is 5.41. The Hall–Kier alpha value is -1.54. The summed E-state index contributed by atoms with van der Waals surface area (Å²) in [5.74, 6) is -0.113. The number of carbonyl (C=O) groups excluding carboxylic acids is 1. The molecule has 0 saturated carbocycles. The number of hydrogen-bond donors (Lipinski definition) is 2. The Bertz CT molecular complexity index is 611. The summed E-state index contributed by atoms with van der Waals surface area (Å²) in [6.07, 6.45) is 4.97. The fraction of sp³-hybridized carbons (Fsp3) is 0.643. The molecule has 1 aromatic rings. The molecule has 1 aromatic heterocycles. The minimum Gasteiger partial charge on any atom is -0.353 e. The second-order valence-electron chi connectivity index (χ2n) is 5.50. The van der Waals surface area contributed by atoms with Crippen molar-refractivity contribution >= 4 is 16.1 Å². The largest absolute Gasteiger partial charge is 0.353 e. The van der Waals surface area contributed by atoms with Gasteiger partial charge in [0, 0.05) is 32.0 Å². The number of aryl methyl sites for hydroxylation is 1. The van der Waals surface area contributed by atoms with E-state index in [0.717, 1.165) is 25.0 Å². The number of likely N-dealkylation sites (tertiary alicyclic amines) is 1. The van der Waals surface area contributed by atoms with Crippen molar-refractivity contribution in [3.63, 3.8) is 0 Å². The van der Waals surface area contributed by atoms with Gasteiger partial charge in [0.15, 0.2) is 0 Å². The average molecular weight is 328 g/mol. The van der Waals surface area contributed by atoms with Crippen molar-refractivity contribution in [2.75, 3.05) is 25.9 Å². The standard InChI is InChI=1S/C14H24N4O3S/c1-15-22(20,21)11-8-16-14(19)18-10-4-3-6-13(18)12-7-5-9-17(12)2/h5,7,9,13,15H,3-4,6,8,10-11H2,1-2H3,(H,16,19). The number of hydrogen-bond acceptors (Lipinski definition) is 3. The quantitative estimate of drug-likeness (QED) is 0.839. The number of nitrogens with zero attached hydrogens (tertiary/aromatic N) is 2. The predicted octanol–water partition coefficient (Wildman–Crippen LogP) is 0.811. The fourth-order valence-electron chi connectivity index (χ4n) is 2.80. The monoisotopic (exact) mass is 328 g/mol. The van der Waals surface area contributed by atoms with Crippen molar-refractivity contribution in [2.45, 2.75) is 25.3 Å². The molecule has 8 heteroatoms. The summed E-state index contributed by atoms with van der Waals surface area (Å²) < 4.78 is 27.0. The zero-order valence-corrected chi connectivity index (χ0v) is 13.9. The highest BCUT2D eigenvalue weighted by molar-refractivity contribution is 7.89. The third kappa shape index (κ3) is 4.01. The second-order valence-corrected chi connectivity index (χ2v) is 7.55. The van der Waals surface area contributed by atoms with Crippen LogP contribution in [-0.4, -0.2) is 49.8 Å². The van der Waals surface area contributed by atoms with E-state index in [1.165, 1.54) is 7.05 Å². The molecule has 2 rings (SSSR count). The van der Waals surface area contributed by atoms with Crippen molar-refractivity contribution in [1.82, 2.24) is 19.5 Å². The normalized spacial score (nSPS) is 19.2. The summed E-state index contributed by atoms with van der Waals surface area (Å²) in [4.78, 5) is 14.2. The molecule has 0 aliphatic carbocycles. The summed E-state index contributed by atoms with van der Waals surface area (Å²) in [6.45, 7) is 0.804. The molecule has 124 valence electrons. The summed E-state index contributed by atoms with van der Waals surface area (Å²) in [6, 6.07) is 3.85. The van der Waals surface area contributed by atoms with E-state index >= 15 is 0 Å². The minimum atomic E-state index is -3.30. The number of amides is 2. The number of piperidine rings is 1. The molecule has 0 spiro atoms. The maximum Gasteiger partial charge on any atom is 0.317 e. The number of carbonyl (C=O) groups is 1. The molecular weight excluding hydrogens is 304 g/mol. The molecular formula is C14H24N4O3S. The van der Waals surface area contributed by atoms with Crippen molar-refractivity contribution in [3.8, 4) is 0 Å². The number of nitrogens with one attached hydrogen (secondary N) is 2. The van der Waals surface area contributed by atoms with Gasteiger partial charge in [-0.1, -0.05) is 0 Å². The lowest BCUT2D eigenvalue weighted by Crippen LogP contribution is -2.46. The molecule has 0 radical (unpaired) electrons. The topological polar surface area (TPSA) is 83.4 Å². The van der Waals surface area contributed by atoms with Gasteiger partial charge in [0.25, 0.3) is 0 Å². The van der Waals surface area contributed by atoms with E-state index in [0.29, 0.717) is 6.54 Å². The molecule has 1 unspecified atom stereocenters. The first-order chi connectivity index (χ1) is 10.4. The highest BCUT2D eigenvalue weighted by Crippen LogP contribution is 2.30. The summed E-state index contributed by atoms with van der Waals surface area (Å²) in [5.41, 5.74) is 1.11. The molecule has 1 saturated heterocycles. The van der Waals surface area contributed by atoms with Crippen molar-refractivity contribution in [3.05, 3.63) is 24.0 Å². The Morgan fingerprint density at radius 1 is 1.41 bits per heavy atom. The number of sulfonamides is 1. The van der Waals surface area contributed by atoms with E-state index in [2.05, 4.69) is 10.0 Å². The second kappa shape index (κ2) is 7.15. The molecule has 2 amide bonds. The van der Waals surface area contributed by atoms with Crippen molar-refractivity contribution in [2.24, 2.45) is 7.05 Å². The van der Waals surface area contributed by atoms with E-state index in [9.17, 15) is 13.2 Å². The maximum absolute atomic E-state index is 12.4. The average Bonchev–Trinajstić information content (AvgIpc) is 2.93. The van der Waals surface area contributed by atoms with Crippen LogP contribution in [0.4, 0.5) is 4.79 Å². The third-order valence-electron chi connectivity index (χ3n) is 4.05. The van der Waals surface area contributed by atoms with E-state index < -0.39 is 10.0 Å². The van der Waals surface area contributed by atoms with E-state index in [-0.39, 0.29) is 24.4 Å². The zero-order chi connectivity index (χ0) is 16.2. The Labute approximate surface area is 131 Å². The highest BCUT2D eigenvalue weighted by Gasteiger charge is 2.29. The van der Waals surface area contributed by atoms with Crippen molar-refractivity contribution in [1.29, 1.82) is 0 Å². The van der Waals surface area contributed by atoms with Crippen LogP contribution in [0.2, 0.25) is 0 Å². The first-order valence-electron chi connectivity index (χ1n) is 7.51. The van der Waals surface area contributed by atoms with Crippen LogP contribution in [0.1, 0.15) is 31.0 Å². The van der Waals surface area contributed by atoms with Gasteiger partial charge in [-0.25, -0.2) is 17.9 Å². The van der Waals surface area contributed by atoms with Gasteiger partial charge >= 0.3 is 6.03 Å². The van der Waals surface area contributed by atoms with Crippen LogP contribution in [-0.2, 0) is 17.1 Å². The van der Waals surface area contributed by atoms with Gasteiger partial charge in [0.2, 0.25) is 10.0 Å². The van der Waals surface area contributed by atoms with Gasteiger partial charge in [-0.15, -0.1) is 0 Å². The molecule has 7 nitrogen and oxygen atoms in total. The van der Waals surface area contributed by atoms with Crippen molar-refractivity contribution < 1.29 is 13.2 Å². The molecule has 2 N–H and O–H groups in total. The molecule has 1 atom stereocenters. The lowest BCUT2D eigenvalue weighted by molar-refractivity contribution is 0.149. The molecule has 0 bridgehead atoms. The zero-order valence-electron chi connectivity index (χ0n) is 13.1. The van der Waals surface area contributed by atoms with Crippen LogP contribution < -0.4 is 10.0 Å². The van der Waals surface area contributed by atoms with Gasteiger partial charge in [-0.2, -0.15) is 0 Å². The van der Waals surface area contributed by atoms with Gasteiger partial charge in [-0.05, 0) is 38.4 Å². The highest BCUT2D eigenvalue weighted by atomic mass is 32.2. The number of aromatic nitrogens is 1. The predicted molar refractivity (Wildman–Crippen MR) is 85.0 cm³/mol. The molecule has 1 fully saturated rings. The van der Waals surface area contributed by atoms with Crippen LogP contribution in [0.5, 0.6) is 0 Å². The van der Waals surface area contributed by atoms with Crippen LogP contribution in [0.15, 0.2) is 18.3 Å². The van der Waals surface area contributed by atoms with Crippen LogP contribution in [0, 0.1) is 0 Å². The van der Waals surface area contributed by atoms with Gasteiger partial charge in [-0.3, -0.25) is 0 Å². The summed E-state index contributed by atoms with van der Waals surface area (Å²) >= 11 is 0. The lowest BCUT2D eigenvalue weighted by atomic mass is 10.00. The smallest absolute Gasteiger partial charge is 0.317 e. The van der Waals surface area contributed by atoms with E-state index in [1.54, 1.807) is 0 Å².